The van der Waals surface area contributed by atoms with Crippen LogP contribution in [0.2, 0.25) is 0 Å². The summed E-state index contributed by atoms with van der Waals surface area (Å²) in [6, 6.07) is 8.66. The smallest absolute Gasteiger partial charge is 0.263 e. The first kappa shape index (κ1) is 15.0. The number of aryl methyl sites for hydroxylation is 3. The van der Waals surface area contributed by atoms with E-state index in [1.165, 1.54) is 0 Å². The van der Waals surface area contributed by atoms with Crippen LogP contribution < -0.4 is 4.72 Å². The third-order valence-electron chi connectivity index (χ3n) is 2.87. The topological polar surface area (TPSA) is 59.1 Å². The fourth-order valence-corrected chi connectivity index (χ4v) is 3.61. The molecule has 1 aromatic heterocycles. The van der Waals surface area contributed by atoms with E-state index in [-0.39, 0.29) is 4.90 Å². The molecule has 0 unspecified atom stereocenters. The predicted octanol–water partition coefficient (Wildman–Crippen LogP) is 3.57. The Morgan fingerprint density at radius 1 is 1.10 bits per heavy atom. The molecule has 0 atom stereocenters. The van der Waals surface area contributed by atoms with Crippen molar-refractivity contribution in [3.05, 3.63) is 51.6 Å². The Bertz CT molecular complexity index is 758. The molecular formula is C14H15BrN2O2S. The normalized spacial score (nSPS) is 11.4. The lowest BCUT2D eigenvalue weighted by Gasteiger charge is -2.12. The molecule has 106 valence electrons. The fraction of sp³-hybridized carbons (Fsp3) is 0.214. The quantitative estimate of drug-likeness (QED) is 0.916. The van der Waals surface area contributed by atoms with Crippen molar-refractivity contribution in [3.8, 4) is 0 Å². The molecule has 1 aromatic carbocycles. The van der Waals surface area contributed by atoms with Gasteiger partial charge in [-0.1, -0.05) is 22.0 Å². The van der Waals surface area contributed by atoms with Crippen LogP contribution in [-0.2, 0) is 10.0 Å². The molecule has 2 rings (SSSR count). The second-order valence-corrected chi connectivity index (χ2v) is 7.14. The fourth-order valence-electron chi connectivity index (χ4n) is 1.84. The van der Waals surface area contributed by atoms with Crippen LogP contribution >= 0.6 is 15.9 Å². The van der Waals surface area contributed by atoms with Crippen molar-refractivity contribution >= 4 is 31.8 Å². The molecule has 0 aliphatic rings. The number of sulfonamides is 1. The Morgan fingerprint density at radius 3 is 2.45 bits per heavy atom. The molecule has 1 N–H and O–H groups in total. The van der Waals surface area contributed by atoms with Gasteiger partial charge < -0.3 is 0 Å². The van der Waals surface area contributed by atoms with Gasteiger partial charge in [-0.05, 0) is 56.2 Å². The molecule has 0 amide bonds. The lowest BCUT2D eigenvalue weighted by Crippen LogP contribution is -2.15. The first-order valence-electron chi connectivity index (χ1n) is 6.03. The Morgan fingerprint density at radius 2 is 1.80 bits per heavy atom. The number of nitrogens with one attached hydrogen (secondary N) is 1. The maximum absolute atomic E-state index is 12.4. The highest BCUT2D eigenvalue weighted by atomic mass is 79.9. The number of pyridine rings is 1. The number of nitrogens with zero attached hydrogens (tertiary/aromatic N) is 1. The van der Waals surface area contributed by atoms with Crippen LogP contribution in [0.15, 0.2) is 39.7 Å². The first-order valence-corrected chi connectivity index (χ1v) is 8.30. The van der Waals surface area contributed by atoms with Gasteiger partial charge in [0.1, 0.15) is 5.82 Å². The third kappa shape index (κ3) is 3.19. The third-order valence-corrected chi connectivity index (χ3v) is 5.22. The van der Waals surface area contributed by atoms with E-state index in [2.05, 4.69) is 25.6 Å². The molecule has 0 spiro atoms. The highest BCUT2D eigenvalue weighted by Gasteiger charge is 2.18. The zero-order valence-electron chi connectivity index (χ0n) is 11.4. The number of rotatable bonds is 3. The number of benzene rings is 1. The molecule has 0 saturated heterocycles. The molecule has 0 aliphatic heterocycles. The van der Waals surface area contributed by atoms with Crippen LogP contribution in [0.1, 0.15) is 16.8 Å². The van der Waals surface area contributed by atoms with Gasteiger partial charge in [0.25, 0.3) is 10.0 Å². The van der Waals surface area contributed by atoms with E-state index >= 15 is 0 Å². The zero-order valence-corrected chi connectivity index (χ0v) is 13.8. The number of aromatic nitrogens is 1. The molecule has 1 heterocycles. The van der Waals surface area contributed by atoms with Crippen LogP contribution in [0.4, 0.5) is 5.82 Å². The molecule has 0 bridgehead atoms. The Balaban J connectivity index is 2.43. The van der Waals surface area contributed by atoms with Crippen LogP contribution in [0.25, 0.3) is 0 Å². The standard InChI is InChI=1S/C14H15BrN2O2S/c1-9-8-13(10(2)7-12(9)15)20(18,19)17-14-6-4-5-11(3)16-14/h4-8H,1-3H3,(H,16,17). The Hall–Kier alpha value is -1.40. The van der Waals surface area contributed by atoms with Crippen LogP contribution in [0.5, 0.6) is 0 Å². The molecule has 0 saturated carbocycles. The average molecular weight is 355 g/mol. The van der Waals surface area contributed by atoms with Crippen molar-refractivity contribution in [2.45, 2.75) is 25.7 Å². The lowest BCUT2D eigenvalue weighted by atomic mass is 10.2. The van der Waals surface area contributed by atoms with Crippen molar-refractivity contribution < 1.29 is 8.42 Å². The predicted molar refractivity (Wildman–Crippen MR) is 83.4 cm³/mol. The monoisotopic (exact) mass is 354 g/mol. The number of halogens is 1. The van der Waals surface area contributed by atoms with Gasteiger partial charge in [-0.2, -0.15) is 0 Å². The van der Waals surface area contributed by atoms with Crippen molar-refractivity contribution in [2.75, 3.05) is 4.72 Å². The van der Waals surface area contributed by atoms with E-state index in [0.717, 1.165) is 15.7 Å². The SMILES string of the molecule is Cc1cccc(NS(=O)(=O)c2cc(C)c(Br)cc2C)n1. The van der Waals surface area contributed by atoms with Gasteiger partial charge in [-0.15, -0.1) is 0 Å². The van der Waals surface area contributed by atoms with Gasteiger partial charge in [0, 0.05) is 10.2 Å². The first-order chi connectivity index (χ1) is 9.29. The van der Waals surface area contributed by atoms with E-state index < -0.39 is 10.0 Å². The molecule has 20 heavy (non-hydrogen) atoms. The number of hydrogen-bond acceptors (Lipinski definition) is 3. The van der Waals surface area contributed by atoms with Crippen molar-refractivity contribution in [1.29, 1.82) is 0 Å². The molecule has 4 nitrogen and oxygen atoms in total. The highest BCUT2D eigenvalue weighted by molar-refractivity contribution is 9.10. The minimum Gasteiger partial charge on any atom is -0.263 e. The highest BCUT2D eigenvalue weighted by Crippen LogP contribution is 2.25. The summed E-state index contributed by atoms with van der Waals surface area (Å²) in [6.45, 7) is 5.43. The summed E-state index contributed by atoms with van der Waals surface area (Å²) in [5.41, 5.74) is 2.31. The number of anilines is 1. The second kappa shape index (κ2) is 5.54. The summed E-state index contributed by atoms with van der Waals surface area (Å²) in [6.07, 6.45) is 0. The van der Waals surface area contributed by atoms with Crippen LogP contribution in [0, 0.1) is 20.8 Å². The molecule has 0 fully saturated rings. The minimum atomic E-state index is -3.63. The summed E-state index contributed by atoms with van der Waals surface area (Å²) < 4.78 is 28.3. The Kier molecular flexibility index (Phi) is 4.15. The van der Waals surface area contributed by atoms with Crippen molar-refractivity contribution in [2.24, 2.45) is 0 Å². The van der Waals surface area contributed by atoms with Crippen molar-refractivity contribution in [3.63, 3.8) is 0 Å². The van der Waals surface area contributed by atoms with Gasteiger partial charge in [0.05, 0.1) is 4.90 Å². The van der Waals surface area contributed by atoms with Gasteiger partial charge in [0.15, 0.2) is 0 Å². The number of hydrogen-bond donors (Lipinski definition) is 1. The van der Waals surface area contributed by atoms with E-state index in [4.69, 9.17) is 0 Å². The zero-order chi connectivity index (χ0) is 14.9. The van der Waals surface area contributed by atoms with Gasteiger partial charge in [-0.3, -0.25) is 4.72 Å². The van der Waals surface area contributed by atoms with Gasteiger partial charge in [0.2, 0.25) is 0 Å². The molecule has 0 aliphatic carbocycles. The summed E-state index contributed by atoms with van der Waals surface area (Å²) in [7, 11) is -3.63. The summed E-state index contributed by atoms with van der Waals surface area (Å²) >= 11 is 3.40. The van der Waals surface area contributed by atoms with Crippen LogP contribution in [0.3, 0.4) is 0 Å². The molecule has 0 radical (unpaired) electrons. The van der Waals surface area contributed by atoms with E-state index in [1.54, 1.807) is 31.2 Å². The second-order valence-electron chi connectivity index (χ2n) is 4.64. The van der Waals surface area contributed by atoms with E-state index in [9.17, 15) is 8.42 Å². The molecule has 2 aromatic rings. The Labute approximate surface area is 127 Å². The minimum absolute atomic E-state index is 0.265. The lowest BCUT2D eigenvalue weighted by molar-refractivity contribution is 0.600. The summed E-state index contributed by atoms with van der Waals surface area (Å²) in [5, 5.41) is 0. The van der Waals surface area contributed by atoms with E-state index in [0.29, 0.717) is 11.4 Å². The maximum atomic E-state index is 12.4. The average Bonchev–Trinajstić information content (AvgIpc) is 2.33. The molecule has 6 heteroatoms. The summed E-state index contributed by atoms with van der Waals surface area (Å²) in [5.74, 6) is 0.324. The largest absolute Gasteiger partial charge is 0.263 e. The van der Waals surface area contributed by atoms with Gasteiger partial charge in [-0.25, -0.2) is 13.4 Å². The van der Waals surface area contributed by atoms with Gasteiger partial charge >= 0.3 is 0 Å². The maximum Gasteiger partial charge on any atom is 0.263 e. The van der Waals surface area contributed by atoms with Crippen molar-refractivity contribution in [1.82, 2.24) is 4.98 Å². The molecular weight excluding hydrogens is 340 g/mol. The van der Waals surface area contributed by atoms with E-state index in [1.807, 2.05) is 19.9 Å². The van der Waals surface area contributed by atoms with Crippen LogP contribution in [-0.4, -0.2) is 13.4 Å². The summed E-state index contributed by atoms with van der Waals surface area (Å²) in [4.78, 5) is 4.42.